The van der Waals surface area contributed by atoms with E-state index in [1.807, 2.05) is 6.07 Å². The van der Waals surface area contributed by atoms with E-state index in [1.165, 1.54) is 43.5 Å². The Kier molecular flexibility index (Phi) is 7.72. The van der Waals surface area contributed by atoms with Crippen molar-refractivity contribution in [3.05, 3.63) is 83.9 Å². The highest BCUT2D eigenvalue weighted by Crippen LogP contribution is 2.22. The number of ether oxygens (including phenoxy) is 1. The predicted molar refractivity (Wildman–Crippen MR) is 128 cm³/mol. The number of sulfonamides is 2. The Morgan fingerprint density at radius 2 is 1.56 bits per heavy atom. The molecule has 9 nitrogen and oxygen atoms in total. The van der Waals surface area contributed by atoms with E-state index in [0.717, 1.165) is 5.56 Å². The molecule has 180 valence electrons. The first-order valence-corrected chi connectivity index (χ1v) is 13.2. The maximum atomic E-state index is 13.1. The quantitative estimate of drug-likeness (QED) is 0.408. The molecule has 4 N–H and O–H groups in total. The first-order valence-electron chi connectivity index (χ1n) is 10.1. The summed E-state index contributed by atoms with van der Waals surface area (Å²) < 4.78 is 56.7. The van der Waals surface area contributed by atoms with Crippen LogP contribution < -0.4 is 19.9 Å². The zero-order valence-corrected chi connectivity index (χ0v) is 20.2. The molecule has 0 saturated heterocycles. The van der Waals surface area contributed by atoms with E-state index >= 15 is 0 Å². The summed E-state index contributed by atoms with van der Waals surface area (Å²) in [6.07, 6.45) is 0.0936. The molecule has 0 bridgehead atoms. The predicted octanol–water partition coefficient (Wildman–Crippen LogP) is 2.18. The van der Waals surface area contributed by atoms with Crippen LogP contribution in [0.4, 0.5) is 5.69 Å². The van der Waals surface area contributed by atoms with Crippen molar-refractivity contribution < 1.29 is 26.4 Å². The van der Waals surface area contributed by atoms with Crippen molar-refractivity contribution in [2.45, 2.75) is 29.2 Å². The number of methoxy groups -OCH3 is 1. The summed E-state index contributed by atoms with van der Waals surface area (Å²) in [6.45, 7) is 1.72. The number of nitrogens with two attached hydrogens (primary N) is 1. The van der Waals surface area contributed by atoms with E-state index in [9.17, 15) is 21.6 Å². The Morgan fingerprint density at radius 3 is 2.12 bits per heavy atom. The van der Waals surface area contributed by atoms with E-state index in [4.69, 9.17) is 9.88 Å². The number of carbonyl (C=O) groups is 1. The van der Waals surface area contributed by atoms with Crippen molar-refractivity contribution in [2.75, 3.05) is 12.4 Å². The second-order valence-electron chi connectivity index (χ2n) is 7.55. The Morgan fingerprint density at radius 1 is 0.941 bits per heavy atom. The molecule has 0 aromatic heterocycles. The molecule has 0 aliphatic heterocycles. The van der Waals surface area contributed by atoms with Gasteiger partial charge >= 0.3 is 0 Å². The van der Waals surface area contributed by atoms with Crippen LogP contribution in [0.5, 0.6) is 5.75 Å². The van der Waals surface area contributed by atoms with Crippen molar-refractivity contribution in [3.8, 4) is 5.75 Å². The van der Waals surface area contributed by atoms with Crippen LogP contribution in [0.1, 0.15) is 11.1 Å². The first-order chi connectivity index (χ1) is 16.0. The molecule has 1 atom stereocenters. The van der Waals surface area contributed by atoms with Crippen molar-refractivity contribution >= 4 is 31.6 Å². The summed E-state index contributed by atoms with van der Waals surface area (Å²) in [5, 5.41) is 7.72. The molecule has 3 rings (SSSR count). The van der Waals surface area contributed by atoms with Crippen LogP contribution in [0.3, 0.4) is 0 Å². The third-order valence-electron chi connectivity index (χ3n) is 5.02. The van der Waals surface area contributed by atoms with Gasteiger partial charge in [-0.15, -0.1) is 0 Å². The molecular weight excluding hydrogens is 478 g/mol. The highest BCUT2D eigenvalue weighted by molar-refractivity contribution is 7.89. The topological polar surface area (TPSA) is 145 Å². The Bertz CT molecular complexity index is 1370. The second kappa shape index (κ2) is 10.3. The molecule has 3 aromatic carbocycles. The summed E-state index contributed by atoms with van der Waals surface area (Å²) in [7, 11) is -6.44. The van der Waals surface area contributed by atoms with Gasteiger partial charge in [0.15, 0.2) is 0 Å². The molecule has 1 amide bonds. The van der Waals surface area contributed by atoms with Gasteiger partial charge in [0.2, 0.25) is 26.0 Å². The lowest BCUT2D eigenvalue weighted by atomic mass is 10.1. The van der Waals surface area contributed by atoms with Gasteiger partial charge in [-0.2, -0.15) is 4.72 Å². The fraction of sp³-hybridized carbons (Fsp3) is 0.174. The van der Waals surface area contributed by atoms with Gasteiger partial charge in [-0.25, -0.2) is 22.0 Å². The van der Waals surface area contributed by atoms with E-state index in [1.54, 1.807) is 37.3 Å². The Hall–Kier alpha value is -3.25. The summed E-state index contributed by atoms with van der Waals surface area (Å²) in [4.78, 5) is 13.0. The van der Waals surface area contributed by atoms with Crippen molar-refractivity contribution in [1.82, 2.24) is 4.72 Å². The Labute approximate surface area is 199 Å². The summed E-state index contributed by atoms with van der Waals surface area (Å²) in [6, 6.07) is 17.5. The van der Waals surface area contributed by atoms with Gasteiger partial charge in [-0.05, 0) is 66.9 Å². The number of anilines is 1. The number of hydrogen-bond donors (Lipinski definition) is 3. The summed E-state index contributed by atoms with van der Waals surface area (Å²) in [5.74, 6) is -0.0681. The average molecular weight is 504 g/mol. The normalized spacial score (nSPS) is 12.7. The number of aryl methyl sites for hydroxylation is 1. The molecule has 0 saturated carbocycles. The van der Waals surface area contributed by atoms with Gasteiger partial charge in [-0.3, -0.25) is 4.79 Å². The zero-order valence-electron chi connectivity index (χ0n) is 18.6. The molecule has 0 heterocycles. The lowest BCUT2D eigenvalue weighted by molar-refractivity contribution is -0.117. The van der Waals surface area contributed by atoms with E-state index in [2.05, 4.69) is 10.0 Å². The lowest BCUT2D eigenvalue weighted by Gasteiger charge is -2.19. The minimum absolute atomic E-state index is 0.00540. The zero-order chi connectivity index (χ0) is 24.9. The number of primary sulfonamides is 1. The van der Waals surface area contributed by atoms with Crippen LogP contribution in [0.2, 0.25) is 0 Å². The first kappa shape index (κ1) is 25.4. The van der Waals surface area contributed by atoms with E-state index in [-0.39, 0.29) is 21.9 Å². The number of rotatable bonds is 9. The molecule has 34 heavy (non-hydrogen) atoms. The SMILES string of the molecule is COc1ccc(S(=O)(=O)N[C@@H](Cc2ccccc2)C(=O)Nc2ccc(S(N)(=O)=O)cc2)cc1C. The molecular formula is C23H25N3O6S2. The van der Waals surface area contributed by atoms with Gasteiger partial charge in [0.05, 0.1) is 16.9 Å². The van der Waals surface area contributed by atoms with Gasteiger partial charge < -0.3 is 10.1 Å². The van der Waals surface area contributed by atoms with Crippen LogP contribution >= 0.6 is 0 Å². The highest BCUT2D eigenvalue weighted by atomic mass is 32.2. The largest absolute Gasteiger partial charge is 0.496 e. The van der Waals surface area contributed by atoms with E-state index in [0.29, 0.717) is 11.3 Å². The maximum Gasteiger partial charge on any atom is 0.242 e. The third kappa shape index (κ3) is 6.41. The van der Waals surface area contributed by atoms with Crippen LogP contribution in [0.15, 0.2) is 82.6 Å². The molecule has 0 fully saturated rings. The lowest BCUT2D eigenvalue weighted by Crippen LogP contribution is -2.45. The number of nitrogens with one attached hydrogen (secondary N) is 2. The monoisotopic (exact) mass is 503 g/mol. The van der Waals surface area contributed by atoms with Gasteiger partial charge in [0, 0.05) is 5.69 Å². The number of amides is 1. The second-order valence-corrected chi connectivity index (χ2v) is 10.8. The fourth-order valence-electron chi connectivity index (χ4n) is 3.27. The number of benzene rings is 3. The van der Waals surface area contributed by atoms with Crippen LogP contribution in [-0.4, -0.2) is 35.9 Å². The van der Waals surface area contributed by atoms with Gasteiger partial charge in [-0.1, -0.05) is 30.3 Å². The molecule has 0 radical (unpaired) electrons. The fourth-order valence-corrected chi connectivity index (χ4v) is 5.06. The smallest absolute Gasteiger partial charge is 0.242 e. The van der Waals surface area contributed by atoms with Crippen molar-refractivity contribution in [1.29, 1.82) is 0 Å². The van der Waals surface area contributed by atoms with Crippen molar-refractivity contribution in [3.63, 3.8) is 0 Å². The van der Waals surface area contributed by atoms with Gasteiger partial charge in [0.25, 0.3) is 0 Å². The van der Waals surface area contributed by atoms with Crippen molar-refractivity contribution in [2.24, 2.45) is 5.14 Å². The third-order valence-corrected chi connectivity index (χ3v) is 7.42. The van der Waals surface area contributed by atoms with Crippen LogP contribution in [0, 0.1) is 6.92 Å². The molecule has 0 aliphatic carbocycles. The summed E-state index contributed by atoms with van der Waals surface area (Å²) in [5.41, 5.74) is 1.67. The molecule has 11 heteroatoms. The number of carbonyl (C=O) groups excluding carboxylic acids is 1. The minimum Gasteiger partial charge on any atom is -0.496 e. The van der Waals surface area contributed by atoms with Gasteiger partial charge in [0.1, 0.15) is 11.8 Å². The van der Waals surface area contributed by atoms with Crippen LogP contribution in [0.25, 0.3) is 0 Å². The van der Waals surface area contributed by atoms with E-state index < -0.39 is 32.0 Å². The highest BCUT2D eigenvalue weighted by Gasteiger charge is 2.27. The molecule has 0 spiro atoms. The molecule has 3 aromatic rings. The minimum atomic E-state index is -4.05. The summed E-state index contributed by atoms with van der Waals surface area (Å²) >= 11 is 0. The Balaban J connectivity index is 1.87. The van der Waals surface area contributed by atoms with Crippen LogP contribution in [-0.2, 0) is 31.3 Å². The maximum absolute atomic E-state index is 13.1. The molecule has 0 unspecified atom stereocenters. The average Bonchev–Trinajstić information content (AvgIpc) is 2.79. The number of hydrogen-bond acceptors (Lipinski definition) is 6. The standard InChI is InChI=1S/C23H25N3O6S2/c1-16-14-20(12-13-22(16)32-2)34(30,31)26-21(15-17-6-4-3-5-7-17)23(27)25-18-8-10-19(11-9-18)33(24,28)29/h3-14,21,26H,15H2,1-2H3,(H,25,27)(H2,24,28,29)/t21-/m0/s1. The molecule has 0 aliphatic rings.